The zero-order valence-electron chi connectivity index (χ0n) is 5.41. The third-order valence-corrected chi connectivity index (χ3v) is 1.15. The van der Waals surface area contributed by atoms with Crippen molar-refractivity contribution >= 4 is 0 Å². The Bertz CT molecular complexity index is 23.4. The van der Waals surface area contributed by atoms with Crippen LogP contribution in [0.15, 0.2) is 0 Å². The molecule has 0 spiro atoms. The molecule has 0 saturated heterocycles. The minimum Gasteiger partial charge on any atom is -0.340 e. The van der Waals surface area contributed by atoms with Crippen LogP contribution in [0.25, 0.3) is 0 Å². The van der Waals surface area contributed by atoms with Crippen molar-refractivity contribution in [1.29, 1.82) is 0 Å². The Kier molecular flexibility index (Phi) is 10.0. The van der Waals surface area contributed by atoms with Crippen LogP contribution in [0.3, 0.4) is 0 Å². The van der Waals surface area contributed by atoms with E-state index in [0.717, 1.165) is 0 Å². The van der Waals surface area contributed by atoms with Crippen molar-refractivity contribution in [2.45, 2.75) is 26.7 Å². The molecule has 0 rings (SSSR count). The van der Waals surface area contributed by atoms with Gasteiger partial charge in [-0.3, -0.25) is 0 Å². The molecule has 0 aliphatic rings. The fourth-order valence-electron chi connectivity index (χ4n) is 0.289. The van der Waals surface area contributed by atoms with Gasteiger partial charge < -0.3 is 6.92 Å². The molecule has 7 heavy (non-hydrogen) atoms. The summed E-state index contributed by atoms with van der Waals surface area (Å²) >= 11 is 0. The van der Waals surface area contributed by atoms with Gasteiger partial charge in [0.15, 0.2) is 0 Å². The summed E-state index contributed by atoms with van der Waals surface area (Å²) in [5.74, 6) is 0.685. The summed E-state index contributed by atoms with van der Waals surface area (Å²) in [6, 6.07) is 0. The van der Waals surface area contributed by atoms with Crippen LogP contribution in [0.4, 0.5) is 0 Å². The van der Waals surface area contributed by atoms with Gasteiger partial charge in [0.05, 0.1) is 0 Å². The van der Waals surface area contributed by atoms with Crippen molar-refractivity contribution in [2.24, 2.45) is 5.92 Å². The maximum Gasteiger partial charge on any atom is 0 e. The molecule has 0 radical (unpaired) electrons. The molecule has 0 fully saturated rings. The van der Waals surface area contributed by atoms with Crippen molar-refractivity contribution in [3.05, 3.63) is 6.92 Å². The van der Waals surface area contributed by atoms with Gasteiger partial charge in [-0.15, -0.1) is 0 Å². The van der Waals surface area contributed by atoms with Crippen molar-refractivity contribution in [1.82, 2.24) is 0 Å². The average Bonchev–Trinajstić information content (AvgIpc) is 1.65. The first kappa shape index (κ1) is 10.6. The van der Waals surface area contributed by atoms with E-state index in [1.807, 2.05) is 0 Å². The van der Waals surface area contributed by atoms with Crippen molar-refractivity contribution in [3.63, 3.8) is 0 Å². The monoisotopic (exact) mass is 149 g/mol. The maximum atomic E-state index is 3.88. The van der Waals surface area contributed by atoms with Gasteiger partial charge in [0, 0.05) is 19.5 Å². The van der Waals surface area contributed by atoms with Gasteiger partial charge in [0.2, 0.25) is 0 Å². The fraction of sp³-hybridized carbons (Fsp3) is 0.833. The van der Waals surface area contributed by atoms with Gasteiger partial charge in [0.25, 0.3) is 0 Å². The van der Waals surface area contributed by atoms with Gasteiger partial charge in [0.1, 0.15) is 0 Å². The zero-order valence-corrected chi connectivity index (χ0v) is 8.37. The normalized spacial score (nSPS) is 8.57. The van der Waals surface area contributed by atoms with Crippen molar-refractivity contribution in [3.8, 4) is 0 Å². The molecule has 0 amide bonds. The van der Waals surface area contributed by atoms with E-state index in [2.05, 4.69) is 20.8 Å². The van der Waals surface area contributed by atoms with Gasteiger partial charge >= 0.3 is 0 Å². The summed E-state index contributed by atoms with van der Waals surface area (Å²) in [6.45, 7) is 8.21. The first-order chi connectivity index (χ1) is 2.81. The molecule has 1 heteroatoms. The molecular weight excluding hydrogens is 137 g/mol. The predicted molar refractivity (Wildman–Crippen MR) is 29.4 cm³/mol. The number of hydrogen-bond acceptors (Lipinski definition) is 0. The van der Waals surface area contributed by atoms with Crippen LogP contribution in [0.1, 0.15) is 26.7 Å². The Morgan fingerprint density at radius 1 is 1.29 bits per heavy atom. The quantitative estimate of drug-likeness (QED) is 0.419. The summed E-state index contributed by atoms with van der Waals surface area (Å²) in [4.78, 5) is 0. The van der Waals surface area contributed by atoms with Crippen LogP contribution in [0, 0.1) is 12.8 Å². The predicted octanol–water partition coefficient (Wildman–Crippen LogP) is 2.25. The molecule has 0 aromatic heterocycles. The largest absolute Gasteiger partial charge is 0.340 e. The minimum absolute atomic E-state index is 0. The second-order valence-corrected chi connectivity index (χ2v) is 1.68. The second kappa shape index (κ2) is 6.62. The summed E-state index contributed by atoms with van der Waals surface area (Å²) in [5.41, 5.74) is 0. The van der Waals surface area contributed by atoms with Crippen LogP contribution in [0.5, 0.6) is 0 Å². The van der Waals surface area contributed by atoms with E-state index >= 15 is 0 Å². The molecule has 0 aromatic rings. The third-order valence-electron chi connectivity index (χ3n) is 1.15. The number of hydrogen-bond donors (Lipinski definition) is 0. The first-order valence-electron chi connectivity index (χ1n) is 2.64. The standard InChI is InChI=1S/C6H13.Zn/c1-4-6(3)5-2;/h6H,3-5H2,1-2H3;/q-1;. The molecule has 0 nitrogen and oxygen atoms in total. The Morgan fingerprint density at radius 3 is 1.57 bits per heavy atom. The molecule has 0 aliphatic carbocycles. The minimum atomic E-state index is 0. The SMILES string of the molecule is [CH2-]C(CC)CC.[Zn]. The molecule has 0 heterocycles. The van der Waals surface area contributed by atoms with Crippen molar-refractivity contribution in [2.75, 3.05) is 0 Å². The van der Waals surface area contributed by atoms with Crippen molar-refractivity contribution < 1.29 is 19.5 Å². The van der Waals surface area contributed by atoms with Crippen LogP contribution in [-0.4, -0.2) is 0 Å². The summed E-state index contributed by atoms with van der Waals surface area (Å²) in [6.07, 6.45) is 2.44. The van der Waals surface area contributed by atoms with E-state index in [4.69, 9.17) is 0 Å². The Hall–Kier alpha value is 0.623. The molecule has 40 valence electrons. The van der Waals surface area contributed by atoms with Gasteiger partial charge in [-0.05, 0) is 0 Å². The van der Waals surface area contributed by atoms with Gasteiger partial charge in [-0.25, -0.2) is 0 Å². The van der Waals surface area contributed by atoms with Gasteiger partial charge in [-0.1, -0.05) is 26.7 Å². The Labute approximate surface area is 59.4 Å². The van der Waals surface area contributed by atoms with Crippen LogP contribution >= 0.6 is 0 Å². The Morgan fingerprint density at radius 2 is 1.57 bits per heavy atom. The average molecular weight is 151 g/mol. The molecule has 0 saturated carbocycles. The first-order valence-corrected chi connectivity index (χ1v) is 2.64. The molecule has 0 aromatic carbocycles. The third kappa shape index (κ3) is 6.62. The molecular formula is C6H13Zn-. The zero-order chi connectivity index (χ0) is 4.99. The summed E-state index contributed by atoms with van der Waals surface area (Å²) in [5, 5.41) is 0. The molecule has 0 unspecified atom stereocenters. The van der Waals surface area contributed by atoms with E-state index in [0.29, 0.717) is 5.92 Å². The van der Waals surface area contributed by atoms with E-state index in [9.17, 15) is 0 Å². The van der Waals surface area contributed by atoms with E-state index in [1.165, 1.54) is 12.8 Å². The topological polar surface area (TPSA) is 0 Å². The maximum absolute atomic E-state index is 3.88. The molecule has 0 N–H and O–H groups in total. The summed E-state index contributed by atoms with van der Waals surface area (Å²) < 4.78 is 0. The van der Waals surface area contributed by atoms with E-state index in [1.54, 1.807) is 0 Å². The van der Waals surface area contributed by atoms with E-state index in [-0.39, 0.29) is 19.5 Å². The fourth-order valence-corrected chi connectivity index (χ4v) is 0.289. The molecule has 0 bridgehead atoms. The van der Waals surface area contributed by atoms with Gasteiger partial charge in [-0.2, -0.15) is 5.92 Å². The summed E-state index contributed by atoms with van der Waals surface area (Å²) in [7, 11) is 0. The van der Waals surface area contributed by atoms with Crippen LogP contribution in [-0.2, 0) is 19.5 Å². The number of rotatable bonds is 2. The van der Waals surface area contributed by atoms with Crippen LogP contribution < -0.4 is 0 Å². The Balaban J connectivity index is 0. The molecule has 0 atom stereocenters. The smallest absolute Gasteiger partial charge is 0 e. The van der Waals surface area contributed by atoms with E-state index < -0.39 is 0 Å². The van der Waals surface area contributed by atoms with Crippen LogP contribution in [0.2, 0.25) is 0 Å². The molecule has 0 aliphatic heterocycles. The second-order valence-electron chi connectivity index (χ2n) is 1.68.